The van der Waals surface area contributed by atoms with Gasteiger partial charge < -0.3 is 14.3 Å². The van der Waals surface area contributed by atoms with Gasteiger partial charge in [-0.25, -0.2) is 0 Å². The third-order valence-electron chi connectivity index (χ3n) is 6.67. The van der Waals surface area contributed by atoms with Crippen molar-refractivity contribution >= 4 is 40.2 Å². The molecule has 1 N–H and O–H groups in total. The first kappa shape index (κ1) is 20.2. The molecule has 0 radical (unpaired) electrons. The Kier molecular flexibility index (Phi) is 5.05. The van der Waals surface area contributed by atoms with Crippen LogP contribution in [-0.4, -0.2) is 28.0 Å². The first-order chi connectivity index (χ1) is 15.0. The fourth-order valence-electron chi connectivity index (χ4n) is 4.97. The number of fused-ring (bicyclic) bond motifs is 3. The summed E-state index contributed by atoms with van der Waals surface area (Å²) in [4.78, 5) is 29.0. The second-order valence-corrected chi connectivity index (χ2v) is 9.28. The molecule has 1 aromatic carbocycles. The number of amides is 2. The lowest BCUT2D eigenvalue weighted by Gasteiger charge is -2.44. The zero-order valence-electron chi connectivity index (χ0n) is 17.6. The Morgan fingerprint density at radius 3 is 2.55 bits per heavy atom. The van der Waals surface area contributed by atoms with Crippen molar-refractivity contribution in [3.05, 3.63) is 53.4 Å². The lowest BCUT2D eigenvalue weighted by molar-refractivity contribution is -0.127. The summed E-state index contributed by atoms with van der Waals surface area (Å²) in [6.45, 7) is 2.19. The van der Waals surface area contributed by atoms with Crippen molar-refractivity contribution in [1.29, 1.82) is 0 Å². The highest BCUT2D eigenvalue weighted by Crippen LogP contribution is 2.36. The molecule has 2 amide bonds. The Morgan fingerprint density at radius 1 is 1.13 bits per heavy atom. The number of carbonyl (C=O) groups is 2. The smallest absolute Gasteiger partial charge is 0.276 e. The average molecular weight is 440 g/mol. The predicted octanol–water partition coefficient (Wildman–Crippen LogP) is 5.15. The van der Waals surface area contributed by atoms with Gasteiger partial charge in [0.05, 0.1) is 18.3 Å². The van der Waals surface area contributed by atoms with Crippen LogP contribution in [0.3, 0.4) is 0 Å². The maximum absolute atomic E-state index is 13.7. The van der Waals surface area contributed by atoms with Gasteiger partial charge in [0.1, 0.15) is 11.2 Å². The standard InChI is InChI=1S/C24H26ClN3O3/c1-24(23(30)26-17-6-4-2-3-5-7-17)15-27-19-12-13-31-21(19)14-20(27)22(29)28(24)18-10-8-16(25)9-11-18/h8-14,17H,2-7,15H2,1H3,(H,26,30)/t24-/m0/s1. The van der Waals surface area contributed by atoms with E-state index in [0.29, 0.717) is 28.5 Å². The van der Waals surface area contributed by atoms with Crippen molar-refractivity contribution in [2.45, 2.75) is 63.6 Å². The van der Waals surface area contributed by atoms with Crippen LogP contribution in [0.15, 0.2) is 47.1 Å². The largest absolute Gasteiger partial charge is 0.463 e. The molecule has 5 rings (SSSR count). The van der Waals surface area contributed by atoms with Crippen LogP contribution >= 0.6 is 11.6 Å². The summed E-state index contributed by atoms with van der Waals surface area (Å²) >= 11 is 6.09. The Morgan fingerprint density at radius 2 is 1.84 bits per heavy atom. The maximum Gasteiger partial charge on any atom is 0.276 e. The summed E-state index contributed by atoms with van der Waals surface area (Å²) in [6.07, 6.45) is 8.25. The second-order valence-electron chi connectivity index (χ2n) is 8.84. The lowest BCUT2D eigenvalue weighted by atomic mass is 9.92. The number of anilines is 1. The van der Waals surface area contributed by atoms with Crippen LogP contribution in [0.25, 0.3) is 11.1 Å². The summed E-state index contributed by atoms with van der Waals surface area (Å²) in [6, 6.07) is 10.8. The van der Waals surface area contributed by atoms with Crippen molar-refractivity contribution in [2.24, 2.45) is 0 Å². The molecular weight excluding hydrogens is 414 g/mol. The highest BCUT2D eigenvalue weighted by atomic mass is 35.5. The van der Waals surface area contributed by atoms with Crippen molar-refractivity contribution in [3.8, 4) is 0 Å². The zero-order valence-corrected chi connectivity index (χ0v) is 18.3. The summed E-state index contributed by atoms with van der Waals surface area (Å²) in [5.74, 6) is -0.350. The van der Waals surface area contributed by atoms with E-state index in [0.717, 1.165) is 31.2 Å². The number of halogens is 1. The van der Waals surface area contributed by atoms with Gasteiger partial charge in [-0.15, -0.1) is 0 Å². The molecule has 1 aliphatic carbocycles. The molecule has 162 valence electrons. The summed E-state index contributed by atoms with van der Waals surface area (Å²) < 4.78 is 7.43. The van der Waals surface area contributed by atoms with Crippen molar-refractivity contribution in [2.75, 3.05) is 4.90 Å². The number of hydrogen-bond donors (Lipinski definition) is 1. The fraction of sp³-hybridized carbons (Fsp3) is 0.417. The van der Waals surface area contributed by atoms with Crippen molar-refractivity contribution in [3.63, 3.8) is 0 Å². The van der Waals surface area contributed by atoms with E-state index in [1.54, 1.807) is 41.5 Å². The Bertz CT molecular complexity index is 1120. The number of carbonyl (C=O) groups excluding carboxylic acids is 2. The molecule has 1 atom stereocenters. The molecule has 7 heteroatoms. The molecule has 1 fully saturated rings. The van der Waals surface area contributed by atoms with E-state index in [1.165, 1.54) is 12.8 Å². The molecule has 2 aromatic heterocycles. The number of aromatic nitrogens is 1. The molecule has 1 aliphatic heterocycles. The number of furan rings is 1. The van der Waals surface area contributed by atoms with Gasteiger partial charge in [-0.3, -0.25) is 14.5 Å². The molecule has 1 saturated carbocycles. The molecule has 6 nitrogen and oxygen atoms in total. The third-order valence-corrected chi connectivity index (χ3v) is 6.92. The van der Waals surface area contributed by atoms with Crippen LogP contribution in [0.5, 0.6) is 0 Å². The van der Waals surface area contributed by atoms with E-state index in [-0.39, 0.29) is 17.9 Å². The van der Waals surface area contributed by atoms with Crippen LogP contribution < -0.4 is 10.2 Å². The van der Waals surface area contributed by atoms with E-state index < -0.39 is 5.54 Å². The van der Waals surface area contributed by atoms with E-state index in [2.05, 4.69) is 5.32 Å². The Labute approximate surface area is 186 Å². The van der Waals surface area contributed by atoms with E-state index >= 15 is 0 Å². The highest BCUT2D eigenvalue weighted by molar-refractivity contribution is 6.30. The molecule has 0 bridgehead atoms. The lowest BCUT2D eigenvalue weighted by Crippen LogP contribution is -2.65. The zero-order chi connectivity index (χ0) is 21.6. The Hall–Kier alpha value is -2.73. The minimum atomic E-state index is -1.09. The maximum atomic E-state index is 13.7. The monoisotopic (exact) mass is 439 g/mol. The fourth-order valence-corrected chi connectivity index (χ4v) is 5.10. The first-order valence-corrected chi connectivity index (χ1v) is 11.3. The number of nitrogens with one attached hydrogen (secondary N) is 1. The van der Waals surface area contributed by atoms with Crippen LogP contribution in [-0.2, 0) is 11.3 Å². The van der Waals surface area contributed by atoms with Crippen molar-refractivity contribution < 1.29 is 14.0 Å². The Balaban J connectivity index is 1.57. The number of nitrogens with zero attached hydrogens (tertiary/aromatic N) is 2. The number of rotatable bonds is 3. The molecule has 31 heavy (non-hydrogen) atoms. The molecule has 0 spiro atoms. The van der Waals surface area contributed by atoms with Crippen LogP contribution in [0.4, 0.5) is 5.69 Å². The molecule has 0 unspecified atom stereocenters. The van der Waals surface area contributed by atoms with Gasteiger partial charge in [-0.2, -0.15) is 0 Å². The quantitative estimate of drug-likeness (QED) is 0.574. The topological polar surface area (TPSA) is 67.5 Å². The van der Waals surface area contributed by atoms with Crippen LogP contribution in [0.2, 0.25) is 5.02 Å². The number of benzene rings is 1. The minimum absolute atomic E-state index is 0.126. The summed E-state index contributed by atoms with van der Waals surface area (Å²) in [5.41, 5.74) is 1.55. The van der Waals surface area contributed by atoms with E-state index in [9.17, 15) is 9.59 Å². The van der Waals surface area contributed by atoms with Gasteiger partial charge in [0, 0.05) is 28.9 Å². The van der Waals surface area contributed by atoms with Gasteiger partial charge in [0.2, 0.25) is 5.91 Å². The SMILES string of the molecule is C[C@@]1(C(=O)NC2CCCCCC2)Cn2c(cc3occc32)C(=O)N1c1ccc(Cl)cc1. The highest BCUT2D eigenvalue weighted by Gasteiger charge is 2.49. The van der Waals surface area contributed by atoms with E-state index in [4.69, 9.17) is 16.0 Å². The van der Waals surface area contributed by atoms with Gasteiger partial charge in [-0.05, 0) is 44.0 Å². The van der Waals surface area contributed by atoms with Gasteiger partial charge in [-0.1, -0.05) is 37.3 Å². The summed E-state index contributed by atoms with van der Waals surface area (Å²) in [7, 11) is 0. The molecule has 3 aromatic rings. The average Bonchev–Trinajstić information content (AvgIpc) is 3.24. The normalized spacial score (nSPS) is 22.4. The molecular formula is C24H26ClN3O3. The first-order valence-electron chi connectivity index (χ1n) is 11.0. The van der Waals surface area contributed by atoms with Gasteiger partial charge in [0.25, 0.3) is 5.91 Å². The molecule has 0 saturated heterocycles. The van der Waals surface area contributed by atoms with Gasteiger partial charge in [0.15, 0.2) is 5.58 Å². The van der Waals surface area contributed by atoms with Crippen LogP contribution in [0, 0.1) is 0 Å². The number of hydrogen-bond acceptors (Lipinski definition) is 3. The van der Waals surface area contributed by atoms with Crippen LogP contribution in [0.1, 0.15) is 55.9 Å². The molecule has 3 heterocycles. The second kappa shape index (κ2) is 7.75. The molecule has 2 aliphatic rings. The van der Waals surface area contributed by atoms with Gasteiger partial charge >= 0.3 is 0 Å². The minimum Gasteiger partial charge on any atom is -0.463 e. The third kappa shape index (κ3) is 3.43. The summed E-state index contributed by atoms with van der Waals surface area (Å²) in [5, 5.41) is 3.85. The predicted molar refractivity (Wildman–Crippen MR) is 121 cm³/mol. The van der Waals surface area contributed by atoms with E-state index in [1.807, 2.05) is 17.6 Å². The van der Waals surface area contributed by atoms with Crippen molar-refractivity contribution in [1.82, 2.24) is 9.88 Å².